The number of anilines is 1. The van der Waals surface area contributed by atoms with Crippen LogP contribution < -0.4 is 10.2 Å². The first-order valence-electron chi connectivity index (χ1n) is 11.7. The number of rotatable bonds is 4. The summed E-state index contributed by atoms with van der Waals surface area (Å²) in [7, 11) is 0. The molecular formula is C25H32N4O2. The lowest BCUT2D eigenvalue weighted by Gasteiger charge is -2.44. The highest BCUT2D eigenvalue weighted by atomic mass is 16.2. The largest absolute Gasteiger partial charge is 0.351 e. The Morgan fingerprint density at radius 1 is 1.10 bits per heavy atom. The molecule has 6 nitrogen and oxygen atoms in total. The van der Waals surface area contributed by atoms with Gasteiger partial charge in [0.1, 0.15) is 11.2 Å². The molecule has 2 aliphatic carbocycles. The van der Waals surface area contributed by atoms with Crippen molar-refractivity contribution in [1.29, 1.82) is 0 Å². The smallest absolute Gasteiger partial charge is 0.277 e. The highest BCUT2D eigenvalue weighted by Gasteiger charge is 2.50. The first-order valence-corrected chi connectivity index (χ1v) is 11.7. The molecule has 31 heavy (non-hydrogen) atoms. The van der Waals surface area contributed by atoms with Gasteiger partial charge in [0.05, 0.1) is 12.2 Å². The third-order valence-electron chi connectivity index (χ3n) is 7.20. The Balaban J connectivity index is 1.57. The van der Waals surface area contributed by atoms with Crippen molar-refractivity contribution in [3.8, 4) is 0 Å². The van der Waals surface area contributed by atoms with E-state index in [0.29, 0.717) is 18.2 Å². The second kappa shape index (κ2) is 7.50. The van der Waals surface area contributed by atoms with Crippen molar-refractivity contribution in [3.05, 3.63) is 46.8 Å². The minimum Gasteiger partial charge on any atom is -0.351 e. The Morgan fingerprint density at radius 2 is 1.84 bits per heavy atom. The van der Waals surface area contributed by atoms with Crippen LogP contribution in [-0.4, -0.2) is 33.2 Å². The van der Waals surface area contributed by atoms with Crippen molar-refractivity contribution >= 4 is 17.5 Å². The quantitative estimate of drug-likeness (QED) is 0.804. The predicted molar refractivity (Wildman–Crippen MR) is 120 cm³/mol. The van der Waals surface area contributed by atoms with Crippen LogP contribution in [-0.2, 0) is 11.3 Å². The van der Waals surface area contributed by atoms with Crippen molar-refractivity contribution in [2.24, 2.45) is 0 Å². The number of nitrogens with zero attached hydrogens (tertiary/aromatic N) is 3. The molecule has 0 radical (unpaired) electrons. The van der Waals surface area contributed by atoms with Crippen LogP contribution in [0.25, 0.3) is 0 Å². The van der Waals surface area contributed by atoms with E-state index in [1.165, 1.54) is 6.42 Å². The van der Waals surface area contributed by atoms with Crippen LogP contribution in [0, 0.1) is 13.8 Å². The average Bonchev–Trinajstić information content (AvgIpc) is 3.51. The zero-order valence-corrected chi connectivity index (χ0v) is 18.8. The van der Waals surface area contributed by atoms with Crippen LogP contribution >= 0.6 is 0 Å². The summed E-state index contributed by atoms with van der Waals surface area (Å²) in [6, 6.07) is 8.22. The van der Waals surface area contributed by atoms with E-state index in [1.54, 1.807) is 9.58 Å². The summed E-state index contributed by atoms with van der Waals surface area (Å²) in [5, 5.41) is 8.03. The summed E-state index contributed by atoms with van der Waals surface area (Å²) in [6.45, 7) is 6.29. The molecule has 1 aromatic heterocycles. The Labute approximate surface area is 184 Å². The van der Waals surface area contributed by atoms with Gasteiger partial charge in [0.15, 0.2) is 0 Å². The van der Waals surface area contributed by atoms with Crippen LogP contribution in [0.1, 0.15) is 85.1 Å². The summed E-state index contributed by atoms with van der Waals surface area (Å²) in [5.41, 5.74) is 3.42. The van der Waals surface area contributed by atoms with Crippen molar-refractivity contribution in [3.63, 3.8) is 0 Å². The predicted octanol–water partition coefficient (Wildman–Crippen LogP) is 4.25. The summed E-state index contributed by atoms with van der Waals surface area (Å²) >= 11 is 0. The second-order valence-electron chi connectivity index (χ2n) is 9.90. The molecule has 1 N–H and O–H groups in total. The zero-order chi connectivity index (χ0) is 21.8. The minimum atomic E-state index is -1.03. The van der Waals surface area contributed by atoms with Crippen molar-refractivity contribution in [2.75, 3.05) is 4.90 Å². The third kappa shape index (κ3) is 3.56. The van der Waals surface area contributed by atoms with E-state index in [1.807, 2.05) is 45.0 Å². The van der Waals surface area contributed by atoms with Gasteiger partial charge in [0.25, 0.3) is 5.91 Å². The number of carbonyl (C=O) groups is 2. The minimum absolute atomic E-state index is 0.0808. The van der Waals surface area contributed by atoms with Gasteiger partial charge in [0, 0.05) is 17.6 Å². The fraction of sp³-hybridized carbons (Fsp3) is 0.560. The standard InChI is InChI=1S/C25H32N4O2/c1-16-9-10-17(2)21(13-16)29-23(30)22-14-20(18-11-12-18)27-28(22)15-25(29,3)24(31)26-19-7-5-4-6-8-19/h9-10,13-14,18-19H,4-8,11-12,15H2,1-3H3,(H,26,31)/t25-/m1/s1. The molecule has 1 aliphatic heterocycles. The molecule has 0 unspecified atom stereocenters. The molecule has 0 spiro atoms. The molecule has 6 heteroatoms. The maximum Gasteiger partial charge on any atom is 0.277 e. The van der Waals surface area contributed by atoms with Crippen LogP contribution in [0.4, 0.5) is 5.69 Å². The lowest BCUT2D eigenvalue weighted by molar-refractivity contribution is -0.127. The summed E-state index contributed by atoms with van der Waals surface area (Å²) in [4.78, 5) is 29.3. The Kier molecular flexibility index (Phi) is 4.91. The molecule has 0 bridgehead atoms. The van der Waals surface area contributed by atoms with Crippen molar-refractivity contribution < 1.29 is 9.59 Å². The number of nitrogens with one attached hydrogen (secondary N) is 1. The SMILES string of the molecule is Cc1ccc(C)c(N2C(=O)c3cc(C4CC4)nn3C[C@]2(C)C(=O)NC2CCCCC2)c1. The van der Waals surface area contributed by atoms with E-state index in [4.69, 9.17) is 5.10 Å². The number of hydrogen-bond acceptors (Lipinski definition) is 3. The van der Waals surface area contributed by atoms with E-state index < -0.39 is 5.54 Å². The van der Waals surface area contributed by atoms with Gasteiger partial charge < -0.3 is 5.32 Å². The molecule has 1 aromatic carbocycles. The van der Waals surface area contributed by atoms with Gasteiger partial charge in [-0.25, -0.2) is 0 Å². The lowest BCUT2D eigenvalue weighted by atomic mass is 9.90. The number of aromatic nitrogens is 2. The summed E-state index contributed by atoms with van der Waals surface area (Å²) in [5.74, 6) is 0.241. The topological polar surface area (TPSA) is 67.2 Å². The summed E-state index contributed by atoms with van der Waals surface area (Å²) in [6.07, 6.45) is 7.81. The van der Waals surface area contributed by atoms with Crippen LogP contribution in [0.15, 0.2) is 24.3 Å². The normalized spacial score (nSPS) is 24.2. The molecule has 5 rings (SSSR count). The van der Waals surface area contributed by atoms with Crippen LogP contribution in [0.3, 0.4) is 0 Å². The molecule has 164 valence electrons. The monoisotopic (exact) mass is 420 g/mol. The molecule has 3 aliphatic rings. The maximum atomic E-state index is 13.8. The number of fused-ring (bicyclic) bond motifs is 1. The second-order valence-corrected chi connectivity index (χ2v) is 9.90. The van der Waals surface area contributed by atoms with Crippen LogP contribution in [0.2, 0.25) is 0 Å². The third-order valence-corrected chi connectivity index (χ3v) is 7.20. The molecule has 0 saturated heterocycles. The average molecular weight is 421 g/mol. The van der Waals surface area contributed by atoms with E-state index in [2.05, 4.69) is 5.32 Å². The van der Waals surface area contributed by atoms with Crippen molar-refractivity contribution in [1.82, 2.24) is 15.1 Å². The first kappa shape index (κ1) is 20.3. The van der Waals surface area contributed by atoms with Gasteiger partial charge >= 0.3 is 0 Å². The van der Waals surface area contributed by atoms with Gasteiger partial charge in [-0.15, -0.1) is 0 Å². The first-order chi connectivity index (χ1) is 14.9. The van der Waals surface area contributed by atoms with Gasteiger partial charge in [0.2, 0.25) is 5.91 Å². The maximum absolute atomic E-state index is 13.8. The highest BCUT2D eigenvalue weighted by Crippen LogP contribution is 2.41. The Morgan fingerprint density at radius 3 is 2.55 bits per heavy atom. The van der Waals surface area contributed by atoms with Gasteiger partial charge in [-0.2, -0.15) is 5.10 Å². The van der Waals surface area contributed by atoms with E-state index in [0.717, 1.165) is 61.0 Å². The molecule has 2 heterocycles. The number of hydrogen-bond donors (Lipinski definition) is 1. The molecule has 2 fully saturated rings. The van der Waals surface area contributed by atoms with E-state index >= 15 is 0 Å². The fourth-order valence-corrected chi connectivity index (χ4v) is 5.11. The Hall–Kier alpha value is -2.63. The van der Waals surface area contributed by atoms with Gasteiger partial charge in [-0.1, -0.05) is 31.4 Å². The summed E-state index contributed by atoms with van der Waals surface area (Å²) < 4.78 is 1.78. The zero-order valence-electron chi connectivity index (χ0n) is 18.8. The van der Waals surface area contributed by atoms with Crippen molar-refractivity contribution in [2.45, 2.75) is 89.8 Å². The Bertz CT molecular complexity index is 1030. The van der Waals surface area contributed by atoms with Crippen LogP contribution in [0.5, 0.6) is 0 Å². The molecule has 2 amide bonds. The fourth-order valence-electron chi connectivity index (χ4n) is 5.11. The highest BCUT2D eigenvalue weighted by molar-refractivity contribution is 6.12. The molecule has 2 saturated carbocycles. The number of carbonyl (C=O) groups excluding carboxylic acids is 2. The lowest BCUT2D eigenvalue weighted by Crippen LogP contribution is -2.65. The van der Waals surface area contributed by atoms with E-state index in [-0.39, 0.29) is 17.9 Å². The molecule has 1 atom stereocenters. The number of benzene rings is 1. The number of aryl methyl sites for hydroxylation is 2. The molecular weight excluding hydrogens is 388 g/mol. The van der Waals surface area contributed by atoms with Gasteiger partial charge in [-0.05, 0) is 69.7 Å². The van der Waals surface area contributed by atoms with Gasteiger partial charge in [-0.3, -0.25) is 19.2 Å². The van der Waals surface area contributed by atoms with E-state index in [9.17, 15) is 9.59 Å². The molecule has 2 aromatic rings. The number of amides is 2.